The van der Waals surface area contributed by atoms with E-state index in [2.05, 4.69) is 0 Å². The quantitative estimate of drug-likeness (QED) is 0.466. The van der Waals surface area contributed by atoms with Crippen LogP contribution in [0.2, 0.25) is 0 Å². The van der Waals surface area contributed by atoms with Gasteiger partial charge in [0, 0.05) is 0 Å². The lowest BCUT2D eigenvalue weighted by atomic mass is 9.81. The van der Waals surface area contributed by atoms with Crippen molar-refractivity contribution in [3.05, 3.63) is 0 Å². The fourth-order valence-corrected chi connectivity index (χ4v) is 1.34. The topological polar surface area (TPSA) is 138 Å². The van der Waals surface area contributed by atoms with E-state index in [0.29, 0.717) is 0 Å². The summed E-state index contributed by atoms with van der Waals surface area (Å²) in [5.74, 6) is -6.42. The van der Waals surface area contributed by atoms with Gasteiger partial charge in [0.1, 0.15) is 5.60 Å². The summed E-state index contributed by atoms with van der Waals surface area (Å²) in [4.78, 5) is 44.5. The molecule has 19 heavy (non-hydrogen) atoms. The molecule has 0 unspecified atom stereocenters. The van der Waals surface area contributed by atoms with Gasteiger partial charge in [-0.3, -0.25) is 19.2 Å². The number of ether oxygens (including phenoxy) is 1. The second kappa shape index (κ2) is 5.68. The average molecular weight is 276 g/mol. The molecule has 0 heterocycles. The van der Waals surface area contributed by atoms with Crippen LogP contribution in [0.25, 0.3) is 0 Å². The summed E-state index contributed by atoms with van der Waals surface area (Å²) in [6, 6.07) is 0. The Kier molecular flexibility index (Phi) is 5.05. The number of carbonyl (C=O) groups excluding carboxylic acids is 1. The standard InChI is InChI=1S/C11H16O8/c1-10(2,3)19-9(18)11(8(16)17,4-6(12)13)5-7(14)15/h4-5H2,1-3H3,(H,12,13)(H,14,15)(H,16,17). The van der Waals surface area contributed by atoms with Crippen LogP contribution in [0, 0.1) is 5.41 Å². The highest BCUT2D eigenvalue weighted by molar-refractivity contribution is 6.04. The molecular formula is C11H16O8. The van der Waals surface area contributed by atoms with Crippen LogP contribution in [-0.2, 0) is 23.9 Å². The van der Waals surface area contributed by atoms with E-state index in [1.54, 1.807) is 0 Å². The molecule has 0 bridgehead atoms. The van der Waals surface area contributed by atoms with Gasteiger partial charge in [0.2, 0.25) is 0 Å². The van der Waals surface area contributed by atoms with Crippen LogP contribution in [0.5, 0.6) is 0 Å². The molecule has 0 rings (SSSR count). The molecule has 3 N–H and O–H groups in total. The summed E-state index contributed by atoms with van der Waals surface area (Å²) in [5.41, 5.74) is -3.69. The number of aliphatic carboxylic acids is 3. The van der Waals surface area contributed by atoms with E-state index < -0.39 is 47.7 Å². The molecule has 8 nitrogen and oxygen atoms in total. The van der Waals surface area contributed by atoms with Crippen molar-refractivity contribution in [1.29, 1.82) is 0 Å². The number of esters is 1. The van der Waals surface area contributed by atoms with Crippen molar-refractivity contribution in [2.45, 2.75) is 39.2 Å². The van der Waals surface area contributed by atoms with E-state index in [1.165, 1.54) is 20.8 Å². The van der Waals surface area contributed by atoms with E-state index >= 15 is 0 Å². The van der Waals surface area contributed by atoms with Crippen LogP contribution in [0.15, 0.2) is 0 Å². The Balaban J connectivity index is 5.56. The maximum absolute atomic E-state index is 11.9. The van der Waals surface area contributed by atoms with E-state index in [1.807, 2.05) is 0 Å². The zero-order chi connectivity index (χ0) is 15.4. The fraction of sp³-hybridized carbons (Fsp3) is 0.636. The van der Waals surface area contributed by atoms with E-state index in [4.69, 9.17) is 20.1 Å². The predicted octanol–water partition coefficient (Wildman–Crippen LogP) is 0.348. The Morgan fingerprint density at radius 2 is 1.26 bits per heavy atom. The summed E-state index contributed by atoms with van der Waals surface area (Å²) in [7, 11) is 0. The van der Waals surface area contributed by atoms with Gasteiger partial charge in [0.25, 0.3) is 0 Å². The molecule has 108 valence electrons. The van der Waals surface area contributed by atoms with Crippen LogP contribution >= 0.6 is 0 Å². The Labute approximate surface area is 109 Å². The largest absolute Gasteiger partial charge is 0.481 e. The number of hydrogen-bond acceptors (Lipinski definition) is 5. The van der Waals surface area contributed by atoms with Gasteiger partial charge in [-0.2, -0.15) is 0 Å². The van der Waals surface area contributed by atoms with Gasteiger partial charge >= 0.3 is 23.9 Å². The van der Waals surface area contributed by atoms with Crippen molar-refractivity contribution in [3.63, 3.8) is 0 Å². The summed E-state index contributed by atoms with van der Waals surface area (Å²) in [5, 5.41) is 26.4. The summed E-state index contributed by atoms with van der Waals surface area (Å²) >= 11 is 0. The lowest BCUT2D eigenvalue weighted by Gasteiger charge is -2.28. The smallest absolute Gasteiger partial charge is 0.325 e. The third kappa shape index (κ3) is 4.94. The molecule has 0 fully saturated rings. The minimum atomic E-state index is -2.63. The summed E-state index contributed by atoms with van der Waals surface area (Å²) < 4.78 is 4.82. The van der Waals surface area contributed by atoms with Gasteiger partial charge in [0.15, 0.2) is 5.41 Å². The van der Waals surface area contributed by atoms with Crippen molar-refractivity contribution in [2.24, 2.45) is 5.41 Å². The molecule has 8 heteroatoms. The van der Waals surface area contributed by atoms with Crippen LogP contribution in [0.4, 0.5) is 0 Å². The molecule has 0 saturated carbocycles. The zero-order valence-corrected chi connectivity index (χ0v) is 10.8. The van der Waals surface area contributed by atoms with Gasteiger partial charge in [-0.1, -0.05) is 0 Å². The molecule has 0 aliphatic heterocycles. The summed E-state index contributed by atoms with van der Waals surface area (Å²) in [6.45, 7) is 4.37. The van der Waals surface area contributed by atoms with Crippen molar-refractivity contribution < 1.29 is 39.2 Å². The maximum atomic E-state index is 11.9. The van der Waals surface area contributed by atoms with E-state index in [-0.39, 0.29) is 0 Å². The first-order chi connectivity index (χ1) is 8.40. The van der Waals surface area contributed by atoms with Crippen LogP contribution in [0.1, 0.15) is 33.6 Å². The number of carboxylic acid groups (broad SMARTS) is 3. The second-order valence-corrected chi connectivity index (χ2v) is 5.03. The molecule has 0 aliphatic rings. The van der Waals surface area contributed by atoms with Gasteiger partial charge in [-0.25, -0.2) is 0 Å². The number of rotatable bonds is 6. The molecule has 0 atom stereocenters. The highest BCUT2D eigenvalue weighted by Crippen LogP contribution is 2.31. The molecule has 0 radical (unpaired) electrons. The zero-order valence-electron chi connectivity index (χ0n) is 10.8. The molecule has 0 aromatic carbocycles. The van der Waals surface area contributed by atoms with E-state index in [9.17, 15) is 19.2 Å². The van der Waals surface area contributed by atoms with Gasteiger partial charge in [-0.15, -0.1) is 0 Å². The van der Waals surface area contributed by atoms with Crippen LogP contribution < -0.4 is 0 Å². The second-order valence-electron chi connectivity index (χ2n) is 5.03. The first-order valence-electron chi connectivity index (χ1n) is 5.31. The SMILES string of the molecule is CC(C)(C)OC(=O)C(CC(=O)O)(CC(=O)O)C(=O)O. The molecular weight excluding hydrogens is 260 g/mol. The highest BCUT2D eigenvalue weighted by atomic mass is 16.6. The van der Waals surface area contributed by atoms with Crippen molar-refractivity contribution >= 4 is 23.9 Å². The predicted molar refractivity (Wildman–Crippen MR) is 60.4 cm³/mol. The first kappa shape index (κ1) is 16.9. The van der Waals surface area contributed by atoms with E-state index in [0.717, 1.165) is 0 Å². The van der Waals surface area contributed by atoms with Crippen molar-refractivity contribution in [3.8, 4) is 0 Å². The van der Waals surface area contributed by atoms with Crippen LogP contribution in [-0.4, -0.2) is 44.8 Å². The molecule has 0 aromatic heterocycles. The van der Waals surface area contributed by atoms with Gasteiger partial charge in [-0.05, 0) is 20.8 Å². The monoisotopic (exact) mass is 276 g/mol. The highest BCUT2D eigenvalue weighted by Gasteiger charge is 2.52. The van der Waals surface area contributed by atoms with Gasteiger partial charge < -0.3 is 20.1 Å². The number of carbonyl (C=O) groups is 4. The minimum absolute atomic E-state index is 1.06. The minimum Gasteiger partial charge on any atom is -0.481 e. The molecule has 0 aromatic rings. The maximum Gasteiger partial charge on any atom is 0.325 e. The average Bonchev–Trinajstić information content (AvgIpc) is 2.11. The molecule has 0 spiro atoms. The molecule has 0 aliphatic carbocycles. The number of hydrogen-bond donors (Lipinski definition) is 3. The fourth-order valence-electron chi connectivity index (χ4n) is 1.34. The Bertz CT molecular complexity index is 387. The molecule has 0 amide bonds. The Morgan fingerprint density at radius 1 is 0.895 bits per heavy atom. The third-order valence-corrected chi connectivity index (χ3v) is 2.11. The van der Waals surface area contributed by atoms with Crippen molar-refractivity contribution in [2.75, 3.05) is 0 Å². The Morgan fingerprint density at radius 3 is 1.47 bits per heavy atom. The normalized spacial score (nSPS) is 11.7. The van der Waals surface area contributed by atoms with Crippen molar-refractivity contribution in [1.82, 2.24) is 0 Å². The number of carboxylic acids is 3. The van der Waals surface area contributed by atoms with Gasteiger partial charge in [0.05, 0.1) is 12.8 Å². The molecule has 0 saturated heterocycles. The lowest BCUT2D eigenvalue weighted by molar-refractivity contribution is -0.183. The first-order valence-corrected chi connectivity index (χ1v) is 5.31. The van der Waals surface area contributed by atoms with Crippen LogP contribution in [0.3, 0.4) is 0 Å². The summed E-state index contributed by atoms with van der Waals surface area (Å²) in [6.07, 6.45) is -2.33. The lowest BCUT2D eigenvalue weighted by Crippen LogP contribution is -2.46. The Hall–Kier alpha value is -2.12. The third-order valence-electron chi connectivity index (χ3n) is 2.11.